The van der Waals surface area contributed by atoms with Crippen LogP contribution in [0.1, 0.15) is 11.1 Å². The molecule has 0 aliphatic carbocycles. The van der Waals surface area contributed by atoms with Crippen LogP contribution in [0.25, 0.3) is 0 Å². The zero-order chi connectivity index (χ0) is 20.4. The van der Waals surface area contributed by atoms with E-state index in [1.54, 1.807) is 0 Å². The van der Waals surface area contributed by atoms with Crippen LogP contribution in [0.2, 0.25) is 0 Å². The highest BCUT2D eigenvalue weighted by atomic mass is 19.4. The summed E-state index contributed by atoms with van der Waals surface area (Å²) in [5.74, 6) is -3.04. The minimum Gasteiger partial charge on any atom is -0.475 e. The van der Waals surface area contributed by atoms with Gasteiger partial charge in [-0.1, -0.05) is 60.7 Å². The summed E-state index contributed by atoms with van der Waals surface area (Å²) in [6, 6.07) is 19.8. The minimum atomic E-state index is -5.08. The predicted octanol–water partition coefficient (Wildman–Crippen LogP) is 2.85. The van der Waals surface area contributed by atoms with E-state index < -0.39 is 12.1 Å². The van der Waals surface area contributed by atoms with Crippen molar-refractivity contribution >= 4 is 11.9 Å². The summed E-state index contributed by atoms with van der Waals surface area (Å²) < 4.78 is 31.7. The quantitative estimate of drug-likeness (QED) is 0.805. The molecule has 0 fully saturated rings. The van der Waals surface area contributed by atoms with Crippen molar-refractivity contribution in [1.82, 2.24) is 4.90 Å². The number of nitrogens with zero attached hydrogens (tertiary/aromatic N) is 1. The maximum Gasteiger partial charge on any atom is 0.490 e. The second kappa shape index (κ2) is 10.3. The number of primary amides is 1. The van der Waals surface area contributed by atoms with Gasteiger partial charge in [0, 0.05) is 6.54 Å². The Balaban J connectivity index is 0.000000445. The third-order valence-corrected chi connectivity index (χ3v) is 3.65. The Bertz CT molecular complexity index is 722. The van der Waals surface area contributed by atoms with E-state index in [0.29, 0.717) is 13.0 Å². The highest BCUT2D eigenvalue weighted by molar-refractivity contribution is 5.80. The Hall–Kier alpha value is -2.87. The fraction of sp³-hybridized carbons (Fsp3) is 0.263. The van der Waals surface area contributed by atoms with E-state index in [-0.39, 0.29) is 11.9 Å². The van der Waals surface area contributed by atoms with Gasteiger partial charge >= 0.3 is 12.1 Å². The number of amides is 1. The van der Waals surface area contributed by atoms with E-state index in [9.17, 15) is 18.0 Å². The van der Waals surface area contributed by atoms with Gasteiger partial charge in [0.25, 0.3) is 0 Å². The molecule has 0 spiro atoms. The van der Waals surface area contributed by atoms with Crippen LogP contribution in [0.3, 0.4) is 0 Å². The van der Waals surface area contributed by atoms with Gasteiger partial charge in [-0.25, -0.2) is 4.79 Å². The molecule has 0 aliphatic rings. The molecular weight excluding hydrogens is 361 g/mol. The van der Waals surface area contributed by atoms with Gasteiger partial charge < -0.3 is 10.8 Å². The maximum atomic E-state index is 11.7. The van der Waals surface area contributed by atoms with E-state index >= 15 is 0 Å². The Morgan fingerprint density at radius 1 is 1.00 bits per heavy atom. The largest absolute Gasteiger partial charge is 0.490 e. The lowest BCUT2D eigenvalue weighted by Gasteiger charge is -2.25. The van der Waals surface area contributed by atoms with Crippen molar-refractivity contribution < 1.29 is 27.9 Å². The first kappa shape index (κ1) is 22.2. The average Bonchev–Trinajstić information content (AvgIpc) is 2.61. The zero-order valence-electron chi connectivity index (χ0n) is 14.7. The van der Waals surface area contributed by atoms with E-state index in [1.165, 1.54) is 5.56 Å². The number of aliphatic carboxylic acids is 1. The number of rotatable bonds is 6. The third kappa shape index (κ3) is 8.37. The highest BCUT2D eigenvalue weighted by Crippen LogP contribution is 2.13. The predicted molar refractivity (Wildman–Crippen MR) is 94.7 cm³/mol. The third-order valence-electron chi connectivity index (χ3n) is 3.65. The first-order valence-corrected chi connectivity index (χ1v) is 7.98. The van der Waals surface area contributed by atoms with Gasteiger partial charge in [0.15, 0.2) is 0 Å². The van der Waals surface area contributed by atoms with Gasteiger partial charge in [0.2, 0.25) is 5.91 Å². The standard InChI is InChI=1S/C17H20N2O.C2HF3O2/c1-19(13-15-10-6-3-7-11-15)16(17(18)20)12-14-8-4-2-5-9-14;3-2(4,5)1(6)7/h2-11,16H,12-13H2,1H3,(H2,18,20);(H,6,7)/t16-;/m0./s1. The molecule has 2 aromatic carbocycles. The van der Waals surface area contributed by atoms with Crippen LogP contribution in [0, 0.1) is 0 Å². The summed E-state index contributed by atoms with van der Waals surface area (Å²) in [5.41, 5.74) is 7.86. The normalized spacial score (nSPS) is 12.0. The first-order valence-electron chi connectivity index (χ1n) is 7.98. The number of hydrogen-bond donors (Lipinski definition) is 2. The minimum absolute atomic E-state index is 0.285. The Morgan fingerprint density at radius 3 is 1.78 bits per heavy atom. The van der Waals surface area contributed by atoms with Crippen LogP contribution >= 0.6 is 0 Å². The molecule has 3 N–H and O–H groups in total. The lowest BCUT2D eigenvalue weighted by atomic mass is 10.0. The van der Waals surface area contributed by atoms with Crippen molar-refractivity contribution in [2.24, 2.45) is 5.73 Å². The van der Waals surface area contributed by atoms with Crippen molar-refractivity contribution in [3.63, 3.8) is 0 Å². The van der Waals surface area contributed by atoms with Crippen molar-refractivity contribution in [1.29, 1.82) is 0 Å². The number of halogens is 3. The van der Waals surface area contributed by atoms with Gasteiger partial charge in [-0.3, -0.25) is 9.69 Å². The fourth-order valence-corrected chi connectivity index (χ4v) is 2.29. The van der Waals surface area contributed by atoms with E-state index in [2.05, 4.69) is 12.1 Å². The van der Waals surface area contributed by atoms with Crippen molar-refractivity contribution in [3.8, 4) is 0 Å². The fourth-order valence-electron chi connectivity index (χ4n) is 2.29. The molecule has 0 bridgehead atoms. The summed E-state index contributed by atoms with van der Waals surface area (Å²) in [6.45, 7) is 0.710. The smallest absolute Gasteiger partial charge is 0.475 e. The molecule has 5 nitrogen and oxygen atoms in total. The summed E-state index contributed by atoms with van der Waals surface area (Å²) in [4.78, 5) is 22.6. The number of carbonyl (C=O) groups excluding carboxylic acids is 1. The van der Waals surface area contributed by atoms with Gasteiger partial charge in [-0.2, -0.15) is 13.2 Å². The van der Waals surface area contributed by atoms with Gasteiger partial charge in [0.05, 0.1) is 6.04 Å². The molecular formula is C19H21F3N2O3. The van der Waals surface area contributed by atoms with E-state index in [1.807, 2.05) is 60.5 Å². The topological polar surface area (TPSA) is 83.6 Å². The molecule has 8 heteroatoms. The van der Waals surface area contributed by atoms with Crippen molar-refractivity contribution in [2.45, 2.75) is 25.2 Å². The number of carboxylic acid groups (broad SMARTS) is 1. The summed E-state index contributed by atoms with van der Waals surface area (Å²) in [7, 11) is 1.94. The molecule has 1 amide bonds. The number of carboxylic acids is 1. The number of carbonyl (C=O) groups is 2. The van der Waals surface area contributed by atoms with Crippen LogP contribution < -0.4 is 5.73 Å². The SMILES string of the molecule is CN(Cc1ccccc1)[C@@H](Cc1ccccc1)C(N)=O.O=C(O)C(F)(F)F. The van der Waals surface area contributed by atoms with Gasteiger partial charge in [-0.05, 0) is 24.6 Å². The lowest BCUT2D eigenvalue weighted by molar-refractivity contribution is -0.192. The summed E-state index contributed by atoms with van der Waals surface area (Å²) in [6.07, 6.45) is -4.44. The molecule has 0 heterocycles. The molecule has 146 valence electrons. The van der Waals surface area contributed by atoms with Crippen LogP contribution in [0.5, 0.6) is 0 Å². The number of likely N-dealkylation sites (N-methyl/N-ethyl adjacent to an activating group) is 1. The average molecular weight is 382 g/mol. The van der Waals surface area contributed by atoms with Crippen LogP contribution in [0.15, 0.2) is 60.7 Å². The Labute approximate surface area is 155 Å². The highest BCUT2D eigenvalue weighted by Gasteiger charge is 2.38. The van der Waals surface area contributed by atoms with Crippen molar-refractivity contribution in [3.05, 3.63) is 71.8 Å². The van der Waals surface area contributed by atoms with E-state index in [0.717, 1.165) is 5.56 Å². The van der Waals surface area contributed by atoms with Gasteiger partial charge in [-0.15, -0.1) is 0 Å². The molecule has 0 saturated carbocycles. The second-order valence-corrected chi connectivity index (χ2v) is 5.81. The number of benzene rings is 2. The summed E-state index contributed by atoms with van der Waals surface area (Å²) >= 11 is 0. The molecule has 0 aromatic heterocycles. The Kier molecular flexibility index (Phi) is 8.47. The van der Waals surface area contributed by atoms with Crippen LogP contribution in [-0.2, 0) is 22.6 Å². The van der Waals surface area contributed by atoms with Gasteiger partial charge in [0.1, 0.15) is 0 Å². The summed E-state index contributed by atoms with van der Waals surface area (Å²) in [5, 5.41) is 7.12. The molecule has 1 atom stereocenters. The van der Waals surface area contributed by atoms with Crippen molar-refractivity contribution in [2.75, 3.05) is 7.05 Å². The number of nitrogens with two attached hydrogens (primary N) is 1. The molecule has 0 aliphatic heterocycles. The number of alkyl halides is 3. The molecule has 2 rings (SSSR count). The Morgan fingerprint density at radius 2 is 1.41 bits per heavy atom. The molecule has 0 radical (unpaired) electrons. The molecule has 27 heavy (non-hydrogen) atoms. The second-order valence-electron chi connectivity index (χ2n) is 5.81. The molecule has 0 unspecified atom stereocenters. The monoisotopic (exact) mass is 382 g/mol. The molecule has 2 aromatic rings. The maximum absolute atomic E-state index is 11.7. The van der Waals surface area contributed by atoms with E-state index in [4.69, 9.17) is 15.6 Å². The van der Waals surface area contributed by atoms with Crippen LogP contribution in [-0.4, -0.2) is 41.1 Å². The first-order chi connectivity index (χ1) is 12.6. The lowest BCUT2D eigenvalue weighted by Crippen LogP contribution is -2.43. The number of hydrogen-bond acceptors (Lipinski definition) is 3. The zero-order valence-corrected chi connectivity index (χ0v) is 14.7. The van der Waals surface area contributed by atoms with Crippen LogP contribution in [0.4, 0.5) is 13.2 Å². The molecule has 0 saturated heterocycles.